The number of carbonyl (C=O) groups is 4. The van der Waals surface area contributed by atoms with Crippen molar-refractivity contribution in [3.8, 4) is 5.75 Å². The lowest BCUT2D eigenvalue weighted by Crippen LogP contribution is -2.40. The Hall–Kier alpha value is -5.15. The summed E-state index contributed by atoms with van der Waals surface area (Å²) < 4.78 is 10.5. The molecule has 1 aromatic heterocycles. The number of amides is 3. The van der Waals surface area contributed by atoms with E-state index in [9.17, 15) is 19.2 Å². The van der Waals surface area contributed by atoms with E-state index in [-0.39, 0.29) is 17.1 Å². The van der Waals surface area contributed by atoms with Gasteiger partial charge in [0.2, 0.25) is 0 Å². The molecule has 0 radical (unpaired) electrons. The van der Waals surface area contributed by atoms with E-state index in [0.717, 1.165) is 0 Å². The van der Waals surface area contributed by atoms with Crippen LogP contribution in [-0.4, -0.2) is 23.7 Å². The van der Waals surface area contributed by atoms with Crippen LogP contribution >= 0.6 is 11.6 Å². The monoisotopic (exact) mass is 529 g/mol. The molecule has 190 valence electrons. The van der Waals surface area contributed by atoms with Gasteiger partial charge in [0, 0.05) is 27.9 Å². The second kappa shape index (κ2) is 12.2. The fourth-order valence-corrected chi connectivity index (χ4v) is 3.28. The van der Waals surface area contributed by atoms with Gasteiger partial charge in [0.1, 0.15) is 5.75 Å². The highest BCUT2D eigenvalue weighted by atomic mass is 35.5. The SMILES string of the molecule is O=C(/C=C/c1ccccc1OC(=O)c1ccc(Cl)cc1)NNC(=O)c1ccc(NC(=O)c2ccco2)cc1. The predicted molar refractivity (Wildman–Crippen MR) is 141 cm³/mol. The van der Waals surface area contributed by atoms with Gasteiger partial charge in [-0.25, -0.2) is 4.79 Å². The fraction of sp³-hybridized carbons (Fsp3) is 0. The molecular formula is C28H20ClN3O6. The zero-order chi connectivity index (χ0) is 26.9. The van der Waals surface area contributed by atoms with Crippen LogP contribution in [0.4, 0.5) is 5.69 Å². The van der Waals surface area contributed by atoms with Crippen LogP contribution in [0.1, 0.15) is 36.8 Å². The lowest BCUT2D eigenvalue weighted by Gasteiger charge is -2.08. The molecule has 0 unspecified atom stereocenters. The maximum absolute atomic E-state index is 12.4. The van der Waals surface area contributed by atoms with Gasteiger partial charge < -0.3 is 14.5 Å². The Labute approximate surface area is 222 Å². The minimum atomic E-state index is -0.612. The fourth-order valence-electron chi connectivity index (χ4n) is 3.16. The van der Waals surface area contributed by atoms with Crippen LogP contribution in [0.3, 0.4) is 0 Å². The van der Waals surface area contributed by atoms with Gasteiger partial charge in [-0.2, -0.15) is 0 Å². The number of carbonyl (C=O) groups excluding carboxylic acids is 4. The van der Waals surface area contributed by atoms with Crippen LogP contribution in [0, 0.1) is 0 Å². The average Bonchev–Trinajstić information content (AvgIpc) is 3.47. The highest BCUT2D eigenvalue weighted by Gasteiger charge is 2.12. The van der Waals surface area contributed by atoms with Gasteiger partial charge in [0.15, 0.2) is 5.76 Å². The first-order chi connectivity index (χ1) is 18.4. The van der Waals surface area contributed by atoms with Crippen molar-refractivity contribution in [3.05, 3.63) is 125 Å². The van der Waals surface area contributed by atoms with Crippen LogP contribution in [0.2, 0.25) is 5.02 Å². The summed E-state index contributed by atoms with van der Waals surface area (Å²) in [6.45, 7) is 0. The van der Waals surface area contributed by atoms with Gasteiger partial charge in [-0.3, -0.25) is 25.2 Å². The van der Waals surface area contributed by atoms with Crippen molar-refractivity contribution in [2.45, 2.75) is 0 Å². The summed E-state index contributed by atoms with van der Waals surface area (Å²) in [5.41, 5.74) is 6.10. The number of ether oxygens (including phenoxy) is 1. The molecule has 0 aliphatic rings. The number of anilines is 1. The Morgan fingerprint density at radius 1 is 0.763 bits per heavy atom. The third kappa shape index (κ3) is 6.96. The summed E-state index contributed by atoms with van der Waals surface area (Å²) in [5.74, 6) is -1.77. The van der Waals surface area contributed by atoms with Crippen molar-refractivity contribution in [1.82, 2.24) is 10.9 Å². The Balaban J connectivity index is 1.30. The molecule has 3 N–H and O–H groups in total. The summed E-state index contributed by atoms with van der Waals surface area (Å²) in [5, 5.41) is 3.14. The third-order valence-corrected chi connectivity index (χ3v) is 5.32. The minimum absolute atomic E-state index is 0.157. The molecule has 9 nitrogen and oxygen atoms in total. The van der Waals surface area contributed by atoms with E-state index in [1.165, 1.54) is 36.6 Å². The number of benzene rings is 3. The smallest absolute Gasteiger partial charge is 0.343 e. The van der Waals surface area contributed by atoms with E-state index < -0.39 is 23.7 Å². The minimum Gasteiger partial charge on any atom is -0.459 e. The first-order valence-electron chi connectivity index (χ1n) is 11.2. The van der Waals surface area contributed by atoms with Crippen molar-refractivity contribution < 1.29 is 28.3 Å². The van der Waals surface area contributed by atoms with Gasteiger partial charge in [-0.1, -0.05) is 29.8 Å². The standard InChI is InChI=1S/C28H20ClN3O6/c29-21-12-7-20(8-13-21)28(36)38-23-5-2-1-4-18(23)11-16-25(33)31-32-26(34)19-9-14-22(15-10-19)30-27(35)24-6-3-17-37-24/h1-17H,(H,30,35)(H,31,33)(H,32,34)/b16-11+. The maximum Gasteiger partial charge on any atom is 0.343 e. The number of hydrazine groups is 1. The van der Waals surface area contributed by atoms with Crippen LogP contribution in [0.15, 0.2) is 102 Å². The Bertz CT molecular complexity index is 1480. The average molecular weight is 530 g/mol. The van der Waals surface area contributed by atoms with Crippen LogP contribution in [0.25, 0.3) is 6.08 Å². The van der Waals surface area contributed by atoms with E-state index in [1.54, 1.807) is 66.7 Å². The Kier molecular flexibility index (Phi) is 8.32. The van der Waals surface area contributed by atoms with Crippen molar-refractivity contribution in [3.63, 3.8) is 0 Å². The second-order valence-electron chi connectivity index (χ2n) is 7.72. The first kappa shape index (κ1) is 25.9. The molecule has 1 heterocycles. The summed E-state index contributed by atoms with van der Waals surface area (Å²) in [6.07, 6.45) is 4.02. The molecule has 0 aliphatic carbocycles. The number of para-hydroxylation sites is 1. The molecule has 0 spiro atoms. The molecule has 0 aliphatic heterocycles. The van der Waals surface area contributed by atoms with E-state index in [1.807, 2.05) is 0 Å². The molecule has 3 amide bonds. The molecule has 4 aromatic rings. The Morgan fingerprint density at radius 2 is 1.47 bits per heavy atom. The number of hydrogen-bond donors (Lipinski definition) is 3. The van der Waals surface area contributed by atoms with E-state index in [4.69, 9.17) is 20.8 Å². The molecule has 0 saturated heterocycles. The molecule has 0 fully saturated rings. The van der Waals surface area contributed by atoms with Crippen LogP contribution in [0.5, 0.6) is 5.75 Å². The van der Waals surface area contributed by atoms with Crippen molar-refractivity contribution >= 4 is 47.1 Å². The van der Waals surface area contributed by atoms with Crippen LogP contribution in [-0.2, 0) is 4.79 Å². The zero-order valence-electron chi connectivity index (χ0n) is 19.6. The van der Waals surface area contributed by atoms with Crippen molar-refractivity contribution in [2.75, 3.05) is 5.32 Å². The summed E-state index contributed by atoms with van der Waals surface area (Å²) in [4.78, 5) is 49.0. The number of halogens is 1. The highest BCUT2D eigenvalue weighted by molar-refractivity contribution is 6.30. The summed E-state index contributed by atoms with van der Waals surface area (Å²) in [7, 11) is 0. The van der Waals surface area contributed by atoms with Crippen molar-refractivity contribution in [1.29, 1.82) is 0 Å². The van der Waals surface area contributed by atoms with E-state index in [2.05, 4.69) is 16.2 Å². The predicted octanol–water partition coefficient (Wildman–Crippen LogP) is 4.88. The number of furan rings is 1. The molecule has 3 aromatic carbocycles. The van der Waals surface area contributed by atoms with E-state index in [0.29, 0.717) is 21.8 Å². The molecule has 10 heteroatoms. The molecule has 38 heavy (non-hydrogen) atoms. The topological polar surface area (TPSA) is 127 Å². The lowest BCUT2D eigenvalue weighted by molar-refractivity contribution is -0.117. The van der Waals surface area contributed by atoms with Crippen LogP contribution < -0.4 is 20.9 Å². The van der Waals surface area contributed by atoms with Gasteiger partial charge in [0.05, 0.1) is 11.8 Å². The third-order valence-electron chi connectivity index (χ3n) is 5.07. The maximum atomic E-state index is 12.4. The number of hydrogen-bond acceptors (Lipinski definition) is 6. The molecule has 4 rings (SSSR count). The van der Waals surface area contributed by atoms with Gasteiger partial charge >= 0.3 is 5.97 Å². The normalized spacial score (nSPS) is 10.6. The van der Waals surface area contributed by atoms with Crippen molar-refractivity contribution in [2.24, 2.45) is 0 Å². The van der Waals surface area contributed by atoms with Gasteiger partial charge in [-0.05, 0) is 72.8 Å². The highest BCUT2D eigenvalue weighted by Crippen LogP contribution is 2.21. The van der Waals surface area contributed by atoms with Gasteiger partial charge in [-0.15, -0.1) is 0 Å². The molecular weight excluding hydrogens is 510 g/mol. The summed E-state index contributed by atoms with van der Waals surface area (Å²) in [6, 6.07) is 22.1. The lowest BCUT2D eigenvalue weighted by atomic mass is 10.2. The zero-order valence-corrected chi connectivity index (χ0v) is 20.4. The molecule has 0 atom stereocenters. The first-order valence-corrected chi connectivity index (χ1v) is 11.6. The largest absolute Gasteiger partial charge is 0.459 e. The van der Waals surface area contributed by atoms with E-state index >= 15 is 0 Å². The Morgan fingerprint density at radius 3 is 2.18 bits per heavy atom. The number of rotatable bonds is 7. The molecule has 0 bridgehead atoms. The number of esters is 1. The molecule has 0 saturated carbocycles. The number of nitrogens with one attached hydrogen (secondary N) is 3. The van der Waals surface area contributed by atoms with Gasteiger partial charge in [0.25, 0.3) is 17.7 Å². The summed E-state index contributed by atoms with van der Waals surface area (Å²) >= 11 is 5.85. The second-order valence-corrected chi connectivity index (χ2v) is 8.16. The quantitative estimate of drug-likeness (QED) is 0.135.